The third kappa shape index (κ3) is 24.2. The molecule has 14 heteroatoms. The maximum absolute atomic E-state index is 12.7. The van der Waals surface area contributed by atoms with Crippen LogP contribution in [0.15, 0.2) is 0 Å². The normalized spacial score (nSPS) is 23.4. The van der Waals surface area contributed by atoms with Gasteiger partial charge in [-0.05, 0) is 12.8 Å². The lowest BCUT2D eigenvalue weighted by atomic mass is 9.85. The minimum Gasteiger partial charge on any atom is -0.462 e. The molecule has 0 spiro atoms. The molecule has 13 nitrogen and oxygen atoms in total. The van der Waals surface area contributed by atoms with E-state index >= 15 is 0 Å². The van der Waals surface area contributed by atoms with Crippen LogP contribution in [0.25, 0.3) is 0 Å². The molecule has 0 radical (unpaired) electrons. The minimum atomic E-state index is -5.10. The van der Waals surface area contributed by atoms with Gasteiger partial charge in [0, 0.05) is 12.8 Å². The van der Waals surface area contributed by atoms with Crippen LogP contribution < -0.4 is 0 Å². The molecule has 6 atom stereocenters. The van der Waals surface area contributed by atoms with E-state index in [9.17, 15) is 44.6 Å². The molecule has 1 rings (SSSR count). The smallest absolute Gasteiger partial charge is 0.462 e. The summed E-state index contributed by atoms with van der Waals surface area (Å²) in [6, 6.07) is 0. The van der Waals surface area contributed by atoms with Crippen molar-refractivity contribution in [3.05, 3.63) is 0 Å². The number of hydrogen-bond acceptors (Lipinski definition) is 12. The topological polar surface area (TPSA) is 210 Å². The Balaban J connectivity index is 2.50. The lowest BCUT2D eigenvalue weighted by molar-refractivity contribution is -0.220. The third-order valence-electron chi connectivity index (χ3n) is 9.95. The Bertz CT molecular complexity index is 954. The lowest BCUT2D eigenvalue weighted by Gasteiger charge is -2.41. The number of carbonyl (C=O) groups excluding carboxylic acids is 2. The molecule has 0 heterocycles. The van der Waals surface area contributed by atoms with Crippen molar-refractivity contribution in [3.8, 4) is 0 Å². The number of aliphatic hydroxyl groups excluding tert-OH is 5. The molecule has 1 fully saturated rings. The highest BCUT2D eigenvalue weighted by atomic mass is 31.2. The van der Waals surface area contributed by atoms with Crippen molar-refractivity contribution in [3.63, 3.8) is 0 Å². The molecule has 0 saturated heterocycles. The minimum absolute atomic E-state index is 0.104. The van der Waals surface area contributed by atoms with Crippen LogP contribution in [0.1, 0.15) is 181 Å². The first-order valence-electron chi connectivity index (χ1n) is 20.8. The Labute approximate surface area is 319 Å². The molecule has 314 valence electrons. The average Bonchev–Trinajstić information content (AvgIpc) is 3.13. The van der Waals surface area contributed by atoms with Crippen molar-refractivity contribution in [1.82, 2.24) is 0 Å². The Morgan fingerprint density at radius 3 is 1.25 bits per heavy atom. The number of unbranched alkanes of at least 4 members (excludes halogenated alkanes) is 22. The van der Waals surface area contributed by atoms with Crippen molar-refractivity contribution in [2.75, 3.05) is 13.2 Å². The Kier molecular flexibility index (Phi) is 29.2. The molecule has 53 heavy (non-hydrogen) atoms. The fourth-order valence-corrected chi connectivity index (χ4v) is 7.50. The second-order valence-electron chi connectivity index (χ2n) is 14.9. The van der Waals surface area contributed by atoms with Gasteiger partial charge in [0.05, 0.1) is 6.61 Å². The Hall–Kier alpha value is -1.15. The molecule has 1 saturated carbocycles. The molecule has 1 aliphatic carbocycles. The molecular formula is C39H75O13P. The Morgan fingerprint density at radius 1 is 0.509 bits per heavy atom. The van der Waals surface area contributed by atoms with E-state index in [4.69, 9.17) is 18.5 Å². The lowest BCUT2D eigenvalue weighted by Crippen LogP contribution is -2.64. The van der Waals surface area contributed by atoms with Crippen LogP contribution in [0, 0.1) is 0 Å². The van der Waals surface area contributed by atoms with Gasteiger partial charge in [0.25, 0.3) is 0 Å². The second-order valence-corrected chi connectivity index (χ2v) is 16.3. The van der Waals surface area contributed by atoms with Gasteiger partial charge < -0.3 is 39.9 Å². The number of phosphoric acid groups is 1. The predicted octanol–water partition coefficient (Wildman–Crippen LogP) is 6.94. The highest BCUT2D eigenvalue weighted by Gasteiger charge is 2.51. The summed E-state index contributed by atoms with van der Waals surface area (Å²) in [5.74, 6) is -1.09. The van der Waals surface area contributed by atoms with E-state index in [1.54, 1.807) is 0 Å². The SMILES string of the molecule is CCCCCCCCCCCCCCCCC(=O)OC(COC(=O)CCCCCCCCCCCC)COP(=O)(O)OC1C(O)C(O)C(O)C(O)C1O. The molecule has 0 amide bonds. The summed E-state index contributed by atoms with van der Waals surface area (Å²) in [6.07, 6.45) is 14.6. The molecule has 6 N–H and O–H groups in total. The van der Waals surface area contributed by atoms with Gasteiger partial charge in [-0.3, -0.25) is 18.6 Å². The van der Waals surface area contributed by atoms with E-state index in [2.05, 4.69) is 13.8 Å². The van der Waals surface area contributed by atoms with Gasteiger partial charge in [-0.1, -0.05) is 155 Å². The first kappa shape index (κ1) is 49.9. The molecule has 0 aromatic heterocycles. The van der Waals surface area contributed by atoms with Gasteiger partial charge in [-0.15, -0.1) is 0 Å². The summed E-state index contributed by atoms with van der Waals surface area (Å²) in [5, 5.41) is 49.9. The van der Waals surface area contributed by atoms with Crippen LogP contribution in [0.3, 0.4) is 0 Å². The maximum atomic E-state index is 12.7. The maximum Gasteiger partial charge on any atom is 0.472 e. The summed E-state index contributed by atoms with van der Waals surface area (Å²) in [7, 11) is -5.10. The van der Waals surface area contributed by atoms with Gasteiger partial charge in [0.1, 0.15) is 43.2 Å². The number of aliphatic hydroxyl groups is 5. The van der Waals surface area contributed by atoms with Crippen molar-refractivity contribution >= 4 is 19.8 Å². The van der Waals surface area contributed by atoms with Gasteiger partial charge in [-0.25, -0.2) is 4.57 Å². The van der Waals surface area contributed by atoms with Gasteiger partial charge in [-0.2, -0.15) is 0 Å². The number of esters is 2. The van der Waals surface area contributed by atoms with Crippen LogP contribution in [0.2, 0.25) is 0 Å². The molecule has 0 aliphatic heterocycles. The van der Waals surface area contributed by atoms with E-state index in [0.717, 1.165) is 38.5 Å². The summed E-state index contributed by atoms with van der Waals surface area (Å²) < 4.78 is 33.4. The van der Waals surface area contributed by atoms with E-state index in [-0.39, 0.29) is 12.8 Å². The van der Waals surface area contributed by atoms with E-state index < -0.39 is 75.7 Å². The van der Waals surface area contributed by atoms with Crippen molar-refractivity contribution in [2.24, 2.45) is 0 Å². The van der Waals surface area contributed by atoms with Gasteiger partial charge in [0.2, 0.25) is 0 Å². The summed E-state index contributed by atoms with van der Waals surface area (Å²) in [5.41, 5.74) is 0. The van der Waals surface area contributed by atoms with Crippen LogP contribution in [-0.2, 0) is 32.7 Å². The van der Waals surface area contributed by atoms with E-state index in [1.165, 1.54) is 103 Å². The summed E-state index contributed by atoms with van der Waals surface area (Å²) in [4.78, 5) is 35.5. The van der Waals surface area contributed by atoms with Gasteiger partial charge in [0.15, 0.2) is 6.10 Å². The largest absolute Gasteiger partial charge is 0.472 e. The number of carbonyl (C=O) groups is 2. The zero-order chi connectivity index (χ0) is 39.3. The van der Waals surface area contributed by atoms with Crippen molar-refractivity contribution < 1.29 is 63.1 Å². The Morgan fingerprint density at radius 2 is 0.849 bits per heavy atom. The summed E-state index contributed by atoms with van der Waals surface area (Å²) in [6.45, 7) is 3.27. The zero-order valence-electron chi connectivity index (χ0n) is 32.8. The number of hydrogen-bond donors (Lipinski definition) is 6. The van der Waals surface area contributed by atoms with Gasteiger partial charge >= 0.3 is 19.8 Å². The average molecular weight is 783 g/mol. The highest BCUT2D eigenvalue weighted by Crippen LogP contribution is 2.47. The molecule has 0 bridgehead atoms. The van der Waals surface area contributed by atoms with Crippen molar-refractivity contribution in [1.29, 1.82) is 0 Å². The van der Waals surface area contributed by atoms with E-state index in [0.29, 0.717) is 12.8 Å². The molecule has 0 aromatic rings. The van der Waals surface area contributed by atoms with Crippen LogP contribution in [-0.4, -0.2) is 98.3 Å². The highest BCUT2D eigenvalue weighted by molar-refractivity contribution is 7.47. The molecule has 0 aromatic carbocycles. The number of rotatable bonds is 34. The molecular weight excluding hydrogens is 707 g/mol. The standard InChI is InChI=1S/C39H75O13P/c1-3-5-7-9-11-13-15-16-17-18-20-22-24-26-28-33(41)51-31(29-49-32(40)27-25-23-21-19-14-12-10-8-6-4-2)30-50-53(47,48)52-39-37(45)35(43)34(42)36(44)38(39)46/h31,34-39,42-46H,3-30H2,1-2H3,(H,47,48). The van der Waals surface area contributed by atoms with Crippen LogP contribution in [0.4, 0.5) is 0 Å². The monoisotopic (exact) mass is 782 g/mol. The fourth-order valence-electron chi connectivity index (χ4n) is 6.52. The molecule has 1 aliphatic rings. The van der Waals surface area contributed by atoms with Crippen LogP contribution in [0.5, 0.6) is 0 Å². The first-order chi connectivity index (χ1) is 25.4. The first-order valence-corrected chi connectivity index (χ1v) is 22.3. The summed E-state index contributed by atoms with van der Waals surface area (Å²) >= 11 is 0. The fraction of sp³-hybridized carbons (Fsp3) is 0.949. The van der Waals surface area contributed by atoms with Crippen LogP contribution >= 0.6 is 7.82 Å². The van der Waals surface area contributed by atoms with E-state index in [1.807, 2.05) is 0 Å². The molecule has 6 unspecified atom stereocenters. The predicted molar refractivity (Wildman–Crippen MR) is 203 cm³/mol. The third-order valence-corrected chi connectivity index (χ3v) is 10.9. The van der Waals surface area contributed by atoms with Crippen molar-refractivity contribution in [2.45, 2.75) is 224 Å². The number of phosphoric ester groups is 1. The number of ether oxygens (including phenoxy) is 2. The quantitative estimate of drug-likeness (QED) is 0.0222. The second kappa shape index (κ2) is 31.0. The zero-order valence-corrected chi connectivity index (χ0v) is 33.7.